The lowest BCUT2D eigenvalue weighted by molar-refractivity contribution is 0.586. The average Bonchev–Trinajstić information content (AvgIpc) is 2.50. The zero-order chi connectivity index (χ0) is 9.90. The molecule has 72 valence electrons. The van der Waals surface area contributed by atoms with Crippen molar-refractivity contribution in [3.8, 4) is 0 Å². The van der Waals surface area contributed by atoms with E-state index in [4.69, 9.17) is 0 Å². The standard InChI is InChI=1S/C7H14N6/c1-5(7(2,3)4)8-9-6-10-12-13-11-6/h1-4H3,(H2,9,10,11,12,13)/b8-5-. The number of H-pyrrole nitrogens is 1. The Morgan fingerprint density at radius 1 is 1.46 bits per heavy atom. The molecule has 0 radical (unpaired) electrons. The molecule has 2 N–H and O–H groups in total. The summed E-state index contributed by atoms with van der Waals surface area (Å²) in [6.07, 6.45) is 0. The molecule has 0 aliphatic heterocycles. The van der Waals surface area contributed by atoms with Crippen LogP contribution < -0.4 is 5.43 Å². The highest BCUT2D eigenvalue weighted by atomic mass is 15.5. The monoisotopic (exact) mass is 182 g/mol. The molecule has 0 spiro atoms. The van der Waals surface area contributed by atoms with Gasteiger partial charge in [0.15, 0.2) is 0 Å². The van der Waals surface area contributed by atoms with Gasteiger partial charge >= 0.3 is 0 Å². The number of tetrazole rings is 1. The molecule has 0 unspecified atom stereocenters. The zero-order valence-corrected chi connectivity index (χ0v) is 8.29. The molecule has 0 aromatic carbocycles. The van der Waals surface area contributed by atoms with Crippen molar-refractivity contribution in [2.24, 2.45) is 10.5 Å². The molecule has 13 heavy (non-hydrogen) atoms. The van der Waals surface area contributed by atoms with E-state index in [9.17, 15) is 0 Å². The Hall–Kier alpha value is -1.46. The molecule has 0 amide bonds. The van der Waals surface area contributed by atoms with Crippen molar-refractivity contribution < 1.29 is 0 Å². The van der Waals surface area contributed by atoms with Crippen molar-refractivity contribution in [1.29, 1.82) is 0 Å². The summed E-state index contributed by atoms with van der Waals surface area (Å²) in [5.41, 5.74) is 3.74. The minimum absolute atomic E-state index is 0.0523. The fraction of sp³-hybridized carbons (Fsp3) is 0.714. The summed E-state index contributed by atoms with van der Waals surface area (Å²) in [6.45, 7) is 8.21. The van der Waals surface area contributed by atoms with Gasteiger partial charge in [0.25, 0.3) is 5.95 Å². The average molecular weight is 182 g/mol. The van der Waals surface area contributed by atoms with Gasteiger partial charge in [-0.3, -0.25) is 0 Å². The van der Waals surface area contributed by atoms with Gasteiger partial charge in [0.05, 0.1) is 0 Å². The number of hydrogen-bond donors (Lipinski definition) is 2. The molecule has 0 saturated heterocycles. The first kappa shape index (κ1) is 9.63. The van der Waals surface area contributed by atoms with E-state index in [1.165, 1.54) is 0 Å². The van der Waals surface area contributed by atoms with Crippen molar-refractivity contribution in [3.05, 3.63) is 0 Å². The van der Waals surface area contributed by atoms with Crippen LogP contribution in [0.1, 0.15) is 27.7 Å². The van der Waals surface area contributed by atoms with Gasteiger partial charge in [0.1, 0.15) is 0 Å². The second-order valence-corrected chi connectivity index (χ2v) is 3.79. The molecular formula is C7H14N6. The Bertz CT molecular complexity index is 280. The molecule has 0 fully saturated rings. The first-order valence-electron chi connectivity index (χ1n) is 4.04. The molecule has 6 heteroatoms. The maximum absolute atomic E-state index is 4.12. The largest absolute Gasteiger partial charge is 0.283 e. The third-order valence-electron chi connectivity index (χ3n) is 1.75. The minimum atomic E-state index is 0.0523. The third kappa shape index (κ3) is 2.81. The molecule has 0 aliphatic carbocycles. The van der Waals surface area contributed by atoms with Crippen LogP contribution in [0, 0.1) is 5.41 Å². The van der Waals surface area contributed by atoms with Gasteiger partial charge in [-0.05, 0) is 12.1 Å². The van der Waals surface area contributed by atoms with Crippen molar-refractivity contribution in [3.63, 3.8) is 0 Å². The van der Waals surface area contributed by atoms with Crippen molar-refractivity contribution >= 4 is 11.7 Å². The molecular weight excluding hydrogens is 168 g/mol. The summed E-state index contributed by atoms with van der Waals surface area (Å²) in [5, 5.41) is 17.3. The SMILES string of the molecule is C/C(=N/Nc1nn[nH]n1)C(C)(C)C. The highest BCUT2D eigenvalue weighted by molar-refractivity contribution is 5.87. The van der Waals surface area contributed by atoms with Crippen LogP contribution in [0.15, 0.2) is 5.10 Å². The maximum atomic E-state index is 4.12. The molecule has 1 heterocycles. The van der Waals surface area contributed by atoms with E-state index in [2.05, 4.69) is 51.9 Å². The highest BCUT2D eigenvalue weighted by Gasteiger charge is 2.14. The van der Waals surface area contributed by atoms with Crippen LogP contribution in [0.25, 0.3) is 0 Å². The number of hydrogen-bond acceptors (Lipinski definition) is 5. The normalized spacial score (nSPS) is 13.1. The number of nitrogens with one attached hydrogen (secondary N) is 2. The van der Waals surface area contributed by atoms with Crippen molar-refractivity contribution in [2.45, 2.75) is 27.7 Å². The van der Waals surface area contributed by atoms with Gasteiger partial charge in [0, 0.05) is 11.1 Å². The van der Waals surface area contributed by atoms with E-state index in [1.54, 1.807) is 0 Å². The third-order valence-corrected chi connectivity index (χ3v) is 1.75. The predicted octanol–water partition coefficient (Wildman–Crippen LogP) is 1.03. The fourth-order valence-electron chi connectivity index (χ4n) is 0.511. The molecule has 6 nitrogen and oxygen atoms in total. The number of rotatable bonds is 2. The molecule has 0 atom stereocenters. The highest BCUT2D eigenvalue weighted by Crippen LogP contribution is 2.15. The number of aromatic amines is 1. The second kappa shape index (κ2) is 3.51. The predicted molar refractivity (Wildman–Crippen MR) is 50.4 cm³/mol. The Morgan fingerprint density at radius 3 is 2.62 bits per heavy atom. The van der Waals surface area contributed by atoms with Gasteiger partial charge in [-0.2, -0.15) is 10.3 Å². The van der Waals surface area contributed by atoms with Crippen LogP contribution in [-0.4, -0.2) is 26.3 Å². The molecule has 1 rings (SSSR count). The lowest BCUT2D eigenvalue weighted by Crippen LogP contribution is -2.18. The summed E-state index contributed by atoms with van der Waals surface area (Å²) in [5.74, 6) is 0.378. The lowest BCUT2D eigenvalue weighted by Gasteiger charge is -2.17. The smallest absolute Gasteiger partial charge is 0.243 e. The topological polar surface area (TPSA) is 78.9 Å². The molecule has 0 saturated carbocycles. The summed E-state index contributed by atoms with van der Waals surface area (Å²) in [6, 6.07) is 0. The minimum Gasteiger partial charge on any atom is -0.243 e. The van der Waals surface area contributed by atoms with Crippen molar-refractivity contribution in [1.82, 2.24) is 20.6 Å². The van der Waals surface area contributed by atoms with Gasteiger partial charge < -0.3 is 0 Å². The van der Waals surface area contributed by atoms with E-state index in [1.807, 2.05) is 6.92 Å². The summed E-state index contributed by atoms with van der Waals surface area (Å²) < 4.78 is 0. The van der Waals surface area contributed by atoms with Crippen LogP contribution in [0.5, 0.6) is 0 Å². The maximum Gasteiger partial charge on any atom is 0.283 e. The summed E-state index contributed by atoms with van der Waals surface area (Å²) in [4.78, 5) is 0. The lowest BCUT2D eigenvalue weighted by atomic mass is 9.91. The van der Waals surface area contributed by atoms with Crippen LogP contribution >= 0.6 is 0 Å². The second-order valence-electron chi connectivity index (χ2n) is 3.79. The van der Waals surface area contributed by atoms with Crippen LogP contribution in [0.4, 0.5) is 5.95 Å². The van der Waals surface area contributed by atoms with Crippen LogP contribution in [0.3, 0.4) is 0 Å². The van der Waals surface area contributed by atoms with E-state index in [-0.39, 0.29) is 5.41 Å². The molecule has 1 aromatic heterocycles. The van der Waals surface area contributed by atoms with Gasteiger partial charge in [-0.25, -0.2) is 5.43 Å². The molecule has 0 aliphatic rings. The number of hydrazone groups is 1. The fourth-order valence-corrected chi connectivity index (χ4v) is 0.511. The summed E-state index contributed by atoms with van der Waals surface area (Å²) >= 11 is 0. The Morgan fingerprint density at radius 2 is 2.15 bits per heavy atom. The summed E-state index contributed by atoms with van der Waals surface area (Å²) in [7, 11) is 0. The Balaban J connectivity index is 2.59. The first-order chi connectivity index (χ1) is 6.00. The molecule has 1 aromatic rings. The van der Waals surface area contributed by atoms with E-state index >= 15 is 0 Å². The first-order valence-corrected chi connectivity index (χ1v) is 4.04. The quantitative estimate of drug-likeness (QED) is 0.529. The zero-order valence-electron chi connectivity index (χ0n) is 8.29. The number of nitrogens with zero attached hydrogens (tertiary/aromatic N) is 4. The van der Waals surface area contributed by atoms with Crippen LogP contribution in [-0.2, 0) is 0 Å². The number of aromatic nitrogens is 4. The van der Waals surface area contributed by atoms with Gasteiger partial charge in [0.2, 0.25) is 0 Å². The van der Waals surface area contributed by atoms with Crippen LogP contribution in [0.2, 0.25) is 0 Å². The Kier molecular flexibility index (Phi) is 2.60. The molecule has 0 bridgehead atoms. The van der Waals surface area contributed by atoms with E-state index in [0.29, 0.717) is 5.95 Å². The van der Waals surface area contributed by atoms with Crippen molar-refractivity contribution in [2.75, 3.05) is 5.43 Å². The number of anilines is 1. The Labute approximate surface area is 76.8 Å². The van der Waals surface area contributed by atoms with Gasteiger partial charge in [-0.15, -0.1) is 5.10 Å². The van der Waals surface area contributed by atoms with E-state index in [0.717, 1.165) is 5.71 Å². The van der Waals surface area contributed by atoms with E-state index < -0.39 is 0 Å². The van der Waals surface area contributed by atoms with Gasteiger partial charge in [-0.1, -0.05) is 25.9 Å².